The van der Waals surface area contributed by atoms with Crippen molar-refractivity contribution in [3.05, 3.63) is 76.0 Å². The normalized spacial score (nSPS) is 10.8. The molecular formula is C24H26BrClN4O2S. The first-order chi connectivity index (χ1) is 16.0. The van der Waals surface area contributed by atoms with Crippen molar-refractivity contribution in [3.8, 4) is 5.75 Å². The number of thioether (sulfide) groups is 1. The predicted molar refractivity (Wildman–Crippen MR) is 138 cm³/mol. The third kappa shape index (κ3) is 7.62. The van der Waals surface area contributed by atoms with E-state index in [0.717, 1.165) is 34.6 Å². The summed E-state index contributed by atoms with van der Waals surface area (Å²) in [6.45, 7) is 7.04. The first-order valence-corrected chi connectivity index (χ1v) is 12.8. The molecule has 1 heterocycles. The van der Waals surface area contributed by atoms with Gasteiger partial charge in [-0.25, -0.2) is 0 Å². The highest BCUT2D eigenvalue weighted by molar-refractivity contribution is 9.10. The number of aryl methyl sites for hydroxylation is 2. The summed E-state index contributed by atoms with van der Waals surface area (Å²) >= 11 is 10.8. The Balaban J connectivity index is 1.51. The van der Waals surface area contributed by atoms with Crippen LogP contribution >= 0.6 is 39.3 Å². The minimum absolute atomic E-state index is 0.0825. The average molecular weight is 550 g/mol. The maximum absolute atomic E-state index is 12.4. The molecule has 33 heavy (non-hydrogen) atoms. The predicted octanol–water partition coefficient (Wildman–Crippen LogP) is 6.18. The lowest BCUT2D eigenvalue weighted by atomic mass is 10.1. The summed E-state index contributed by atoms with van der Waals surface area (Å²) in [6.07, 6.45) is 4.23. The summed E-state index contributed by atoms with van der Waals surface area (Å²) in [4.78, 5) is 12.4. The van der Waals surface area contributed by atoms with E-state index in [4.69, 9.17) is 16.3 Å². The number of carbonyl (C=O) groups is 1. The zero-order valence-corrected chi connectivity index (χ0v) is 21.5. The Morgan fingerprint density at radius 2 is 2.06 bits per heavy atom. The van der Waals surface area contributed by atoms with E-state index in [1.54, 1.807) is 18.2 Å². The van der Waals surface area contributed by atoms with E-state index in [1.807, 2.05) is 34.9 Å². The van der Waals surface area contributed by atoms with Crippen LogP contribution in [0.4, 0.5) is 5.69 Å². The smallest absolute Gasteiger partial charge is 0.234 e. The van der Waals surface area contributed by atoms with Gasteiger partial charge in [-0.1, -0.05) is 48.5 Å². The van der Waals surface area contributed by atoms with Gasteiger partial charge in [0.25, 0.3) is 0 Å². The fraction of sp³-hybridized carbons (Fsp3) is 0.292. The van der Waals surface area contributed by atoms with Crippen LogP contribution in [0.1, 0.15) is 24.7 Å². The third-order valence-electron chi connectivity index (χ3n) is 4.78. The number of nitrogens with zero attached hydrogens (tertiary/aromatic N) is 3. The van der Waals surface area contributed by atoms with Gasteiger partial charge in [0.05, 0.1) is 16.8 Å². The monoisotopic (exact) mass is 548 g/mol. The van der Waals surface area contributed by atoms with Gasteiger partial charge in [-0.05, 0) is 64.7 Å². The lowest BCUT2D eigenvalue weighted by Gasteiger charge is -2.10. The molecule has 9 heteroatoms. The molecular weight excluding hydrogens is 524 g/mol. The Morgan fingerprint density at radius 3 is 2.76 bits per heavy atom. The maximum Gasteiger partial charge on any atom is 0.234 e. The Bertz CT molecular complexity index is 1090. The summed E-state index contributed by atoms with van der Waals surface area (Å²) in [5.41, 5.74) is 2.03. The number of allylic oxidation sites excluding steroid dienone is 1. The van der Waals surface area contributed by atoms with Gasteiger partial charge in [-0.2, -0.15) is 0 Å². The zero-order valence-electron chi connectivity index (χ0n) is 18.4. The molecule has 1 amide bonds. The highest BCUT2D eigenvalue weighted by Gasteiger charge is 2.14. The number of rotatable bonds is 12. The largest absolute Gasteiger partial charge is 0.492 e. The molecule has 3 aromatic rings. The third-order valence-corrected chi connectivity index (χ3v) is 6.60. The SMILES string of the molecule is C=CCn1c(CCCOc2ccc(Cl)cc2Br)nnc1SCC(=O)Nc1ccc(CC)cc1. The molecule has 0 unspecified atom stereocenters. The summed E-state index contributed by atoms with van der Waals surface area (Å²) in [6, 6.07) is 13.3. The van der Waals surface area contributed by atoms with Crippen LogP contribution in [0.5, 0.6) is 5.75 Å². The van der Waals surface area contributed by atoms with Crippen LogP contribution in [0.2, 0.25) is 5.02 Å². The van der Waals surface area contributed by atoms with Gasteiger partial charge in [0, 0.05) is 23.7 Å². The molecule has 1 N–H and O–H groups in total. The maximum atomic E-state index is 12.4. The molecule has 0 radical (unpaired) electrons. The summed E-state index contributed by atoms with van der Waals surface area (Å²) < 4.78 is 8.64. The minimum atomic E-state index is -0.0825. The van der Waals surface area contributed by atoms with Crippen molar-refractivity contribution in [1.82, 2.24) is 14.8 Å². The van der Waals surface area contributed by atoms with Crippen LogP contribution in [-0.4, -0.2) is 33.0 Å². The van der Waals surface area contributed by atoms with Crippen molar-refractivity contribution in [2.75, 3.05) is 17.7 Å². The van der Waals surface area contributed by atoms with E-state index < -0.39 is 0 Å². The van der Waals surface area contributed by atoms with Crippen LogP contribution in [0.15, 0.2) is 64.7 Å². The minimum Gasteiger partial charge on any atom is -0.492 e. The number of benzene rings is 2. The number of aromatic nitrogens is 3. The molecule has 1 aromatic heterocycles. The topological polar surface area (TPSA) is 69.0 Å². The second-order valence-electron chi connectivity index (χ2n) is 7.21. The Kier molecular flexibility index (Phi) is 9.84. The van der Waals surface area contributed by atoms with Crippen LogP contribution in [-0.2, 0) is 24.2 Å². The van der Waals surface area contributed by atoms with Crippen LogP contribution in [0.25, 0.3) is 0 Å². The molecule has 0 aliphatic heterocycles. The highest BCUT2D eigenvalue weighted by atomic mass is 79.9. The molecule has 0 fully saturated rings. The molecule has 6 nitrogen and oxygen atoms in total. The van der Waals surface area contributed by atoms with Gasteiger partial charge in [-0.15, -0.1) is 16.8 Å². The van der Waals surface area contributed by atoms with Crippen molar-refractivity contribution in [2.45, 2.75) is 37.9 Å². The number of ether oxygens (including phenoxy) is 1. The first-order valence-electron chi connectivity index (χ1n) is 10.6. The number of carbonyl (C=O) groups excluding carboxylic acids is 1. The molecule has 0 aliphatic rings. The zero-order chi connectivity index (χ0) is 23.6. The summed E-state index contributed by atoms with van der Waals surface area (Å²) in [7, 11) is 0. The number of anilines is 1. The fourth-order valence-electron chi connectivity index (χ4n) is 3.08. The number of hydrogen-bond acceptors (Lipinski definition) is 5. The van der Waals surface area contributed by atoms with E-state index in [-0.39, 0.29) is 11.7 Å². The molecule has 0 atom stereocenters. The molecule has 0 aliphatic carbocycles. The van der Waals surface area contributed by atoms with E-state index in [0.29, 0.717) is 29.8 Å². The second kappa shape index (κ2) is 12.8. The fourth-order valence-corrected chi connectivity index (χ4v) is 4.64. The van der Waals surface area contributed by atoms with Crippen LogP contribution in [0, 0.1) is 0 Å². The lowest BCUT2D eigenvalue weighted by Crippen LogP contribution is -2.15. The van der Waals surface area contributed by atoms with Crippen LogP contribution in [0.3, 0.4) is 0 Å². The quantitative estimate of drug-likeness (QED) is 0.166. The Hall–Kier alpha value is -2.29. The van der Waals surface area contributed by atoms with E-state index >= 15 is 0 Å². The molecule has 0 saturated carbocycles. The summed E-state index contributed by atoms with van der Waals surface area (Å²) in [5.74, 6) is 1.75. The highest BCUT2D eigenvalue weighted by Crippen LogP contribution is 2.28. The van der Waals surface area contributed by atoms with Gasteiger partial charge >= 0.3 is 0 Å². The van der Waals surface area contributed by atoms with Crippen LogP contribution < -0.4 is 10.1 Å². The number of halogens is 2. The van der Waals surface area contributed by atoms with Gasteiger partial charge < -0.3 is 14.6 Å². The van der Waals surface area contributed by atoms with Crippen molar-refractivity contribution >= 4 is 50.9 Å². The van der Waals surface area contributed by atoms with Gasteiger partial charge in [0.15, 0.2) is 5.16 Å². The Morgan fingerprint density at radius 1 is 1.27 bits per heavy atom. The number of hydrogen-bond donors (Lipinski definition) is 1. The number of nitrogens with one attached hydrogen (secondary N) is 1. The van der Waals surface area contributed by atoms with E-state index in [1.165, 1.54) is 17.3 Å². The molecule has 3 rings (SSSR count). The van der Waals surface area contributed by atoms with Crippen molar-refractivity contribution in [3.63, 3.8) is 0 Å². The molecule has 0 saturated heterocycles. The van der Waals surface area contributed by atoms with E-state index in [9.17, 15) is 4.79 Å². The number of amides is 1. The first kappa shape index (κ1) is 25.3. The van der Waals surface area contributed by atoms with Gasteiger partial charge in [0.2, 0.25) is 5.91 Å². The molecule has 0 spiro atoms. The van der Waals surface area contributed by atoms with Crippen molar-refractivity contribution in [1.29, 1.82) is 0 Å². The Labute approximate surface area is 211 Å². The van der Waals surface area contributed by atoms with Crippen molar-refractivity contribution in [2.24, 2.45) is 0 Å². The lowest BCUT2D eigenvalue weighted by molar-refractivity contribution is -0.113. The second-order valence-corrected chi connectivity index (χ2v) is 9.45. The molecule has 0 bridgehead atoms. The van der Waals surface area contributed by atoms with Gasteiger partial charge in [0.1, 0.15) is 11.6 Å². The van der Waals surface area contributed by atoms with E-state index in [2.05, 4.69) is 44.9 Å². The molecule has 2 aromatic carbocycles. The van der Waals surface area contributed by atoms with Crippen molar-refractivity contribution < 1.29 is 9.53 Å². The standard InChI is InChI=1S/C24H26BrClN4O2S/c1-3-13-30-22(6-5-14-32-21-12-9-18(26)15-20(21)25)28-29-24(30)33-16-23(31)27-19-10-7-17(4-2)8-11-19/h3,7-12,15H,1,4-6,13-14,16H2,2H3,(H,27,31). The average Bonchev–Trinajstić information content (AvgIpc) is 3.18. The summed E-state index contributed by atoms with van der Waals surface area (Å²) in [5, 5.41) is 12.9. The van der Waals surface area contributed by atoms with Gasteiger partial charge in [-0.3, -0.25) is 4.79 Å². The molecule has 174 valence electrons.